The van der Waals surface area contributed by atoms with Crippen LogP contribution < -0.4 is 9.47 Å². The van der Waals surface area contributed by atoms with E-state index in [-0.39, 0.29) is 6.61 Å². The van der Waals surface area contributed by atoms with E-state index in [1.165, 1.54) is 0 Å². The molecule has 0 heterocycles. The second-order valence-electron chi connectivity index (χ2n) is 3.34. The predicted molar refractivity (Wildman–Crippen MR) is 68.7 cm³/mol. The van der Waals surface area contributed by atoms with E-state index in [2.05, 4.69) is 4.99 Å². The number of methoxy groups -OCH3 is 2. The molecule has 0 aliphatic carbocycles. The molecule has 1 aromatic carbocycles. The highest BCUT2D eigenvalue weighted by atomic mass is 35.5. The minimum atomic E-state index is 0.136. The van der Waals surface area contributed by atoms with Crippen molar-refractivity contribution in [3.8, 4) is 11.5 Å². The molecular formula is C12H16ClNO3. The lowest BCUT2D eigenvalue weighted by atomic mass is 10.2. The van der Waals surface area contributed by atoms with Crippen molar-refractivity contribution in [3.05, 3.63) is 22.7 Å². The third kappa shape index (κ3) is 3.91. The molecule has 94 valence electrons. The molecule has 5 heteroatoms. The van der Waals surface area contributed by atoms with Crippen molar-refractivity contribution in [2.45, 2.75) is 6.42 Å². The first-order valence-corrected chi connectivity index (χ1v) is 5.63. The van der Waals surface area contributed by atoms with Crippen LogP contribution >= 0.6 is 11.6 Å². The van der Waals surface area contributed by atoms with Gasteiger partial charge < -0.3 is 14.6 Å². The molecule has 1 N–H and O–H groups in total. The minimum Gasteiger partial charge on any atom is -0.493 e. The van der Waals surface area contributed by atoms with Crippen molar-refractivity contribution in [3.63, 3.8) is 0 Å². The lowest BCUT2D eigenvalue weighted by molar-refractivity contribution is 0.291. The van der Waals surface area contributed by atoms with Gasteiger partial charge in [0.25, 0.3) is 0 Å². The van der Waals surface area contributed by atoms with Crippen LogP contribution in [0.1, 0.15) is 12.0 Å². The summed E-state index contributed by atoms with van der Waals surface area (Å²) in [6, 6.07) is 3.46. The van der Waals surface area contributed by atoms with Crippen LogP contribution in [0.15, 0.2) is 17.1 Å². The number of ether oxygens (including phenoxy) is 2. The summed E-state index contributed by atoms with van der Waals surface area (Å²) in [5.41, 5.74) is 0.766. The zero-order valence-corrected chi connectivity index (χ0v) is 10.7. The van der Waals surface area contributed by atoms with Gasteiger partial charge in [0, 0.05) is 31.0 Å². The van der Waals surface area contributed by atoms with Gasteiger partial charge in [-0.05, 0) is 12.5 Å². The molecule has 0 aromatic heterocycles. The molecule has 4 nitrogen and oxygen atoms in total. The van der Waals surface area contributed by atoms with Crippen molar-refractivity contribution >= 4 is 17.8 Å². The number of benzene rings is 1. The van der Waals surface area contributed by atoms with Crippen LogP contribution in [0.4, 0.5) is 0 Å². The summed E-state index contributed by atoms with van der Waals surface area (Å²) in [7, 11) is 3.13. The van der Waals surface area contributed by atoms with E-state index in [0.29, 0.717) is 29.5 Å². The number of hydrogen-bond donors (Lipinski definition) is 1. The van der Waals surface area contributed by atoms with Gasteiger partial charge in [-0.1, -0.05) is 11.6 Å². The van der Waals surface area contributed by atoms with Gasteiger partial charge in [0.1, 0.15) is 0 Å². The third-order valence-corrected chi connectivity index (χ3v) is 2.51. The van der Waals surface area contributed by atoms with Crippen LogP contribution in [0.2, 0.25) is 5.02 Å². The SMILES string of the molecule is COc1cc(Cl)c(C=NCCCO)cc1OC. The van der Waals surface area contributed by atoms with Gasteiger partial charge in [0.2, 0.25) is 0 Å². The lowest BCUT2D eigenvalue weighted by Crippen LogP contribution is -1.94. The Morgan fingerprint density at radius 3 is 2.53 bits per heavy atom. The Morgan fingerprint density at radius 1 is 1.29 bits per heavy atom. The average Bonchev–Trinajstić information content (AvgIpc) is 2.35. The fraction of sp³-hybridized carbons (Fsp3) is 0.417. The summed E-state index contributed by atoms with van der Waals surface area (Å²) < 4.78 is 10.3. The van der Waals surface area contributed by atoms with E-state index >= 15 is 0 Å². The number of halogens is 1. The van der Waals surface area contributed by atoms with Crippen LogP contribution in [-0.4, -0.2) is 38.7 Å². The number of aliphatic hydroxyl groups is 1. The van der Waals surface area contributed by atoms with Crippen LogP contribution in [0.3, 0.4) is 0 Å². The topological polar surface area (TPSA) is 51.0 Å². The van der Waals surface area contributed by atoms with E-state index in [1.54, 1.807) is 32.6 Å². The van der Waals surface area contributed by atoms with Gasteiger partial charge in [-0.25, -0.2) is 0 Å². The second kappa shape index (κ2) is 7.14. The normalized spacial score (nSPS) is 10.8. The van der Waals surface area contributed by atoms with Crippen molar-refractivity contribution < 1.29 is 14.6 Å². The molecule has 0 bridgehead atoms. The maximum atomic E-state index is 8.63. The molecule has 0 aliphatic heterocycles. The smallest absolute Gasteiger partial charge is 0.162 e. The highest BCUT2D eigenvalue weighted by Gasteiger charge is 2.08. The van der Waals surface area contributed by atoms with E-state index in [4.69, 9.17) is 26.2 Å². The van der Waals surface area contributed by atoms with Crippen molar-refractivity contribution in [2.75, 3.05) is 27.4 Å². The molecule has 1 rings (SSSR count). The molecule has 0 atom stereocenters. The quantitative estimate of drug-likeness (QED) is 0.628. The van der Waals surface area contributed by atoms with Gasteiger partial charge in [0.05, 0.1) is 19.2 Å². The Bertz CT molecular complexity index is 394. The van der Waals surface area contributed by atoms with Crippen LogP contribution in [0.5, 0.6) is 11.5 Å². The van der Waals surface area contributed by atoms with E-state index in [1.807, 2.05) is 0 Å². The predicted octanol–water partition coefficient (Wildman–Crippen LogP) is 2.16. The first-order chi connectivity index (χ1) is 8.22. The maximum absolute atomic E-state index is 8.63. The van der Waals surface area contributed by atoms with Crippen molar-refractivity contribution in [2.24, 2.45) is 4.99 Å². The van der Waals surface area contributed by atoms with Crippen molar-refractivity contribution in [1.29, 1.82) is 0 Å². The molecule has 0 spiro atoms. The molecule has 0 aliphatic rings. The Morgan fingerprint density at radius 2 is 1.94 bits per heavy atom. The van der Waals surface area contributed by atoms with Crippen LogP contribution in [-0.2, 0) is 0 Å². The molecule has 0 saturated heterocycles. The summed E-state index contributed by atoms with van der Waals surface area (Å²) in [6.07, 6.45) is 2.31. The second-order valence-corrected chi connectivity index (χ2v) is 3.75. The maximum Gasteiger partial charge on any atom is 0.162 e. The Hall–Kier alpha value is -1.26. The minimum absolute atomic E-state index is 0.136. The standard InChI is InChI=1S/C12H16ClNO3/c1-16-11-6-9(8-14-4-3-5-15)10(13)7-12(11)17-2/h6-8,15H,3-5H2,1-2H3. The summed E-state index contributed by atoms with van der Waals surface area (Å²) in [5.74, 6) is 1.20. The molecule has 0 unspecified atom stereocenters. The van der Waals surface area contributed by atoms with Crippen LogP contribution in [0, 0.1) is 0 Å². The monoisotopic (exact) mass is 257 g/mol. The number of nitrogens with zero attached hydrogens (tertiary/aromatic N) is 1. The fourth-order valence-electron chi connectivity index (χ4n) is 1.29. The number of aliphatic hydroxyl groups excluding tert-OH is 1. The number of hydrogen-bond acceptors (Lipinski definition) is 4. The highest BCUT2D eigenvalue weighted by Crippen LogP contribution is 2.32. The zero-order valence-electron chi connectivity index (χ0n) is 9.94. The molecule has 0 fully saturated rings. The molecule has 0 amide bonds. The van der Waals surface area contributed by atoms with Gasteiger partial charge in [-0.15, -0.1) is 0 Å². The summed E-state index contributed by atoms with van der Waals surface area (Å²) in [4.78, 5) is 4.16. The average molecular weight is 258 g/mol. The first kappa shape index (κ1) is 13.8. The number of rotatable bonds is 6. The Kier molecular flexibility index (Phi) is 5.80. The van der Waals surface area contributed by atoms with Gasteiger partial charge in [0.15, 0.2) is 11.5 Å². The van der Waals surface area contributed by atoms with Crippen molar-refractivity contribution in [1.82, 2.24) is 0 Å². The van der Waals surface area contributed by atoms with Crippen LogP contribution in [0.25, 0.3) is 0 Å². The summed E-state index contributed by atoms with van der Waals surface area (Å²) >= 11 is 6.07. The molecule has 0 saturated carbocycles. The Labute approximate surface area is 106 Å². The van der Waals surface area contributed by atoms with Gasteiger partial charge in [-0.2, -0.15) is 0 Å². The molecule has 0 radical (unpaired) electrons. The van der Waals surface area contributed by atoms with Gasteiger partial charge in [-0.3, -0.25) is 4.99 Å². The highest BCUT2D eigenvalue weighted by molar-refractivity contribution is 6.33. The largest absolute Gasteiger partial charge is 0.493 e. The number of aliphatic imine (C=N–C) groups is 1. The van der Waals surface area contributed by atoms with Gasteiger partial charge >= 0.3 is 0 Å². The molecular weight excluding hydrogens is 242 g/mol. The lowest BCUT2D eigenvalue weighted by Gasteiger charge is -2.09. The Balaban J connectivity index is 2.88. The summed E-state index contributed by atoms with van der Waals surface area (Å²) in [6.45, 7) is 0.707. The third-order valence-electron chi connectivity index (χ3n) is 2.18. The molecule has 1 aromatic rings. The van der Waals surface area contributed by atoms with E-state index in [9.17, 15) is 0 Å². The van der Waals surface area contributed by atoms with E-state index in [0.717, 1.165) is 5.56 Å². The summed E-state index contributed by atoms with van der Waals surface area (Å²) in [5, 5.41) is 9.18. The molecule has 17 heavy (non-hydrogen) atoms. The fourth-order valence-corrected chi connectivity index (χ4v) is 1.50. The first-order valence-electron chi connectivity index (χ1n) is 5.25. The zero-order chi connectivity index (χ0) is 12.7. The van der Waals surface area contributed by atoms with E-state index < -0.39 is 0 Å².